The molecule has 0 aliphatic carbocycles. The summed E-state index contributed by atoms with van der Waals surface area (Å²) >= 11 is 23.4. The van der Waals surface area contributed by atoms with Crippen molar-refractivity contribution in [2.24, 2.45) is 0 Å². The molecular weight excluding hydrogens is 400 g/mol. The highest BCUT2D eigenvalue weighted by Crippen LogP contribution is 2.33. The number of rotatable bonds is 3. The van der Waals surface area contributed by atoms with E-state index in [-0.39, 0.29) is 18.0 Å². The van der Waals surface area contributed by atoms with Crippen LogP contribution in [0, 0.1) is 0 Å². The summed E-state index contributed by atoms with van der Waals surface area (Å²) in [6.45, 7) is 1.67. The molecule has 1 aliphatic heterocycles. The number of urea groups is 1. The molecule has 0 bridgehead atoms. The van der Waals surface area contributed by atoms with Crippen LogP contribution in [0.2, 0.25) is 5.02 Å². The molecule has 24 heavy (non-hydrogen) atoms. The zero-order valence-electron chi connectivity index (χ0n) is 12.4. The van der Waals surface area contributed by atoms with Crippen molar-refractivity contribution in [2.75, 3.05) is 0 Å². The Labute approximate surface area is 158 Å². The summed E-state index contributed by atoms with van der Waals surface area (Å²) in [5.41, 5.74) is 0.233. The van der Waals surface area contributed by atoms with Gasteiger partial charge in [-0.2, -0.15) is 0 Å². The molecule has 1 saturated heterocycles. The summed E-state index contributed by atoms with van der Waals surface area (Å²) in [4.78, 5) is 37.3. The van der Waals surface area contributed by atoms with Gasteiger partial charge in [-0.25, -0.2) is 9.69 Å². The van der Waals surface area contributed by atoms with E-state index in [1.165, 1.54) is 24.3 Å². The van der Waals surface area contributed by atoms with E-state index in [1.807, 2.05) is 0 Å². The summed E-state index contributed by atoms with van der Waals surface area (Å²) in [6, 6.07) is 4.87. The van der Waals surface area contributed by atoms with E-state index >= 15 is 0 Å². The lowest BCUT2D eigenvalue weighted by Crippen LogP contribution is -2.65. The largest absolute Gasteiger partial charge is 0.335 e. The number of imide groups is 1. The number of carbonyl (C=O) groups excluding carboxylic acids is 3. The molecule has 1 heterocycles. The number of hydrogen-bond donors (Lipinski definition) is 2. The molecular formula is C14H13Cl4N3O3. The van der Waals surface area contributed by atoms with Crippen LogP contribution in [-0.2, 0) is 4.79 Å². The van der Waals surface area contributed by atoms with Gasteiger partial charge in [-0.1, -0.05) is 46.4 Å². The highest BCUT2D eigenvalue weighted by atomic mass is 35.6. The van der Waals surface area contributed by atoms with Gasteiger partial charge in [0.05, 0.1) is 0 Å². The predicted octanol–water partition coefficient (Wildman–Crippen LogP) is 3.10. The van der Waals surface area contributed by atoms with E-state index in [4.69, 9.17) is 46.4 Å². The summed E-state index contributed by atoms with van der Waals surface area (Å²) in [5.74, 6) is -1.18. The second-order valence-corrected chi connectivity index (χ2v) is 8.05. The van der Waals surface area contributed by atoms with Gasteiger partial charge < -0.3 is 10.6 Å². The van der Waals surface area contributed by atoms with Crippen molar-refractivity contribution < 1.29 is 14.4 Å². The summed E-state index contributed by atoms with van der Waals surface area (Å²) < 4.78 is -2.12. The van der Waals surface area contributed by atoms with Crippen molar-refractivity contribution in [2.45, 2.75) is 29.3 Å². The SMILES string of the molecule is CC1CC(=O)N(C(NC(=O)c2ccc(Cl)cc2)C(Cl)(Cl)Cl)C(=O)N1. The lowest BCUT2D eigenvalue weighted by atomic mass is 10.1. The van der Waals surface area contributed by atoms with Gasteiger partial charge in [-0.3, -0.25) is 9.59 Å². The van der Waals surface area contributed by atoms with Crippen LogP contribution in [0.15, 0.2) is 24.3 Å². The maximum Gasteiger partial charge on any atom is 0.326 e. The molecule has 1 aliphatic rings. The molecule has 0 aromatic heterocycles. The van der Waals surface area contributed by atoms with Gasteiger partial charge in [0.15, 0.2) is 6.17 Å². The van der Waals surface area contributed by atoms with Crippen LogP contribution < -0.4 is 10.6 Å². The van der Waals surface area contributed by atoms with E-state index in [1.54, 1.807) is 6.92 Å². The first-order valence-electron chi connectivity index (χ1n) is 6.85. The number of carbonyl (C=O) groups is 3. The van der Waals surface area contributed by atoms with Crippen molar-refractivity contribution in [3.63, 3.8) is 0 Å². The number of nitrogens with one attached hydrogen (secondary N) is 2. The molecule has 1 aromatic carbocycles. The van der Waals surface area contributed by atoms with Crippen molar-refractivity contribution in [1.82, 2.24) is 15.5 Å². The number of benzene rings is 1. The molecule has 0 saturated carbocycles. The fourth-order valence-electron chi connectivity index (χ4n) is 2.17. The summed E-state index contributed by atoms with van der Waals surface area (Å²) in [5, 5.41) is 5.41. The van der Waals surface area contributed by atoms with E-state index in [0.717, 1.165) is 0 Å². The highest BCUT2D eigenvalue weighted by Gasteiger charge is 2.46. The molecule has 2 rings (SSSR count). The molecule has 0 spiro atoms. The van der Waals surface area contributed by atoms with E-state index in [9.17, 15) is 14.4 Å². The first-order valence-corrected chi connectivity index (χ1v) is 8.36. The lowest BCUT2D eigenvalue weighted by molar-refractivity contribution is -0.132. The minimum atomic E-state index is -2.12. The Morgan fingerprint density at radius 3 is 2.38 bits per heavy atom. The molecule has 1 aromatic rings. The molecule has 2 atom stereocenters. The maximum atomic E-state index is 12.3. The van der Waals surface area contributed by atoms with Gasteiger partial charge in [-0.05, 0) is 31.2 Å². The normalized spacial score (nSPS) is 19.7. The molecule has 6 nitrogen and oxygen atoms in total. The first kappa shape index (κ1) is 19.1. The van der Waals surface area contributed by atoms with Gasteiger partial charge >= 0.3 is 6.03 Å². The van der Waals surface area contributed by atoms with Gasteiger partial charge in [0.25, 0.3) is 5.91 Å². The zero-order chi connectivity index (χ0) is 18.1. The third-order valence-corrected chi connectivity index (χ3v) is 4.15. The average molecular weight is 413 g/mol. The number of hydrogen-bond acceptors (Lipinski definition) is 3. The first-order chi connectivity index (χ1) is 11.1. The second kappa shape index (κ2) is 7.35. The fourth-order valence-corrected chi connectivity index (χ4v) is 2.75. The third kappa shape index (κ3) is 4.45. The second-order valence-electron chi connectivity index (χ2n) is 5.24. The Hall–Kier alpha value is -1.21. The Bertz CT molecular complexity index is 642. The molecule has 10 heteroatoms. The van der Waals surface area contributed by atoms with E-state index in [2.05, 4.69) is 10.6 Å². The van der Waals surface area contributed by atoms with Crippen LogP contribution >= 0.6 is 46.4 Å². The van der Waals surface area contributed by atoms with E-state index < -0.39 is 27.8 Å². The monoisotopic (exact) mass is 411 g/mol. The van der Waals surface area contributed by atoms with Crippen LogP contribution in [0.3, 0.4) is 0 Å². The third-order valence-electron chi connectivity index (χ3n) is 3.28. The molecule has 0 radical (unpaired) electrons. The molecule has 2 unspecified atom stereocenters. The lowest BCUT2D eigenvalue weighted by Gasteiger charge is -2.38. The van der Waals surface area contributed by atoms with Gasteiger partial charge in [0.1, 0.15) is 0 Å². The maximum absolute atomic E-state index is 12.3. The summed E-state index contributed by atoms with van der Waals surface area (Å²) in [6.07, 6.45) is -1.44. The fraction of sp³-hybridized carbons (Fsp3) is 0.357. The Balaban J connectivity index is 2.26. The van der Waals surface area contributed by atoms with Gasteiger partial charge in [0.2, 0.25) is 9.70 Å². The number of halogens is 4. The topological polar surface area (TPSA) is 78.5 Å². The summed E-state index contributed by atoms with van der Waals surface area (Å²) in [7, 11) is 0. The van der Waals surface area contributed by atoms with Crippen LogP contribution in [0.25, 0.3) is 0 Å². The molecule has 4 amide bonds. The molecule has 130 valence electrons. The molecule has 1 fully saturated rings. The van der Waals surface area contributed by atoms with Crippen LogP contribution in [0.1, 0.15) is 23.7 Å². The van der Waals surface area contributed by atoms with E-state index in [0.29, 0.717) is 9.92 Å². The van der Waals surface area contributed by atoms with Crippen molar-refractivity contribution in [3.8, 4) is 0 Å². The molecule has 2 N–H and O–H groups in total. The number of alkyl halides is 3. The Morgan fingerprint density at radius 1 is 1.29 bits per heavy atom. The standard InChI is InChI=1S/C14H13Cl4N3O3/c1-7-6-10(22)21(13(24)19-7)12(14(16,17)18)20-11(23)8-2-4-9(15)5-3-8/h2-5,7,12H,6H2,1H3,(H,19,24)(H,20,23). The highest BCUT2D eigenvalue weighted by molar-refractivity contribution is 6.68. The Morgan fingerprint density at radius 2 is 1.88 bits per heavy atom. The van der Waals surface area contributed by atoms with Crippen LogP contribution in [0.5, 0.6) is 0 Å². The zero-order valence-corrected chi connectivity index (χ0v) is 15.4. The van der Waals surface area contributed by atoms with Crippen molar-refractivity contribution in [3.05, 3.63) is 34.9 Å². The average Bonchev–Trinajstić information content (AvgIpc) is 2.44. The number of nitrogens with zero attached hydrogens (tertiary/aromatic N) is 1. The van der Waals surface area contributed by atoms with Gasteiger partial charge in [-0.15, -0.1) is 0 Å². The smallest absolute Gasteiger partial charge is 0.326 e. The quantitative estimate of drug-likeness (QED) is 0.748. The van der Waals surface area contributed by atoms with Crippen LogP contribution in [-0.4, -0.2) is 38.7 Å². The minimum absolute atomic E-state index is 0.0276. The van der Waals surface area contributed by atoms with Gasteiger partial charge in [0, 0.05) is 23.0 Å². The van der Waals surface area contributed by atoms with Crippen LogP contribution in [0.4, 0.5) is 4.79 Å². The minimum Gasteiger partial charge on any atom is -0.335 e. The number of amides is 4. The van der Waals surface area contributed by atoms with Crippen molar-refractivity contribution in [1.29, 1.82) is 0 Å². The van der Waals surface area contributed by atoms with Crippen molar-refractivity contribution >= 4 is 64.2 Å². The predicted molar refractivity (Wildman–Crippen MR) is 92.5 cm³/mol. The Kier molecular flexibility index (Phi) is 5.86.